The van der Waals surface area contributed by atoms with Crippen LogP contribution < -0.4 is 10.1 Å². The van der Waals surface area contributed by atoms with Gasteiger partial charge in [-0.15, -0.1) is 13.2 Å². The lowest BCUT2D eigenvalue weighted by molar-refractivity contribution is -0.274. The average Bonchev–Trinajstić information content (AvgIpc) is 2.61. The van der Waals surface area contributed by atoms with Crippen LogP contribution in [0.15, 0.2) is 48.5 Å². The van der Waals surface area contributed by atoms with Crippen LogP contribution in [-0.4, -0.2) is 30.3 Å². The number of nitrogens with zero attached hydrogens (tertiary/aromatic N) is 1. The summed E-state index contributed by atoms with van der Waals surface area (Å²) in [6.45, 7) is 4.99. The van der Waals surface area contributed by atoms with E-state index in [0.717, 1.165) is 11.1 Å². The minimum atomic E-state index is -4.68. The van der Waals surface area contributed by atoms with Gasteiger partial charge in [0.25, 0.3) is 5.91 Å². The molecule has 27 heavy (non-hydrogen) atoms. The standard InChI is InChI=1S/C20H23F3N2O2/c1-14(2)25(3)19(26)17-8-4-15(5-9-17)12-24-13-16-6-10-18(11-7-16)27-20(21,22)23/h4-11,14,24H,12-13H2,1-3H3. The first-order valence-electron chi connectivity index (χ1n) is 8.57. The van der Waals surface area contributed by atoms with Crippen molar-refractivity contribution in [2.75, 3.05) is 7.05 Å². The Labute approximate surface area is 156 Å². The molecule has 0 unspecified atom stereocenters. The number of carbonyl (C=O) groups is 1. The van der Waals surface area contributed by atoms with Gasteiger partial charge in [0.05, 0.1) is 0 Å². The fourth-order valence-corrected chi connectivity index (χ4v) is 2.36. The maximum Gasteiger partial charge on any atom is 0.573 e. The van der Waals surface area contributed by atoms with E-state index in [4.69, 9.17) is 0 Å². The number of benzene rings is 2. The van der Waals surface area contributed by atoms with Crippen LogP contribution in [0.25, 0.3) is 0 Å². The smallest absolute Gasteiger partial charge is 0.406 e. The number of rotatable bonds is 7. The Morgan fingerprint density at radius 3 is 1.93 bits per heavy atom. The van der Waals surface area contributed by atoms with Crippen LogP contribution in [0.5, 0.6) is 5.75 Å². The van der Waals surface area contributed by atoms with Crippen molar-refractivity contribution in [2.24, 2.45) is 0 Å². The summed E-state index contributed by atoms with van der Waals surface area (Å²) in [4.78, 5) is 13.9. The van der Waals surface area contributed by atoms with Crippen molar-refractivity contribution < 1.29 is 22.7 Å². The number of carbonyl (C=O) groups excluding carboxylic acids is 1. The average molecular weight is 380 g/mol. The van der Waals surface area contributed by atoms with E-state index >= 15 is 0 Å². The van der Waals surface area contributed by atoms with E-state index in [1.54, 1.807) is 36.2 Å². The highest BCUT2D eigenvalue weighted by Crippen LogP contribution is 2.22. The number of nitrogens with one attached hydrogen (secondary N) is 1. The van der Waals surface area contributed by atoms with Gasteiger partial charge >= 0.3 is 6.36 Å². The van der Waals surface area contributed by atoms with Gasteiger partial charge in [0.1, 0.15) is 5.75 Å². The van der Waals surface area contributed by atoms with Gasteiger partial charge in [-0.2, -0.15) is 0 Å². The first-order valence-corrected chi connectivity index (χ1v) is 8.57. The number of halogens is 3. The number of ether oxygens (including phenoxy) is 1. The lowest BCUT2D eigenvalue weighted by Gasteiger charge is -2.21. The first-order chi connectivity index (χ1) is 12.7. The SMILES string of the molecule is CC(C)N(C)C(=O)c1ccc(CNCc2ccc(OC(F)(F)F)cc2)cc1. The second kappa shape index (κ2) is 8.90. The Hall–Kier alpha value is -2.54. The maximum absolute atomic E-state index is 12.2. The van der Waals surface area contributed by atoms with Gasteiger partial charge in [-0.25, -0.2) is 0 Å². The minimum Gasteiger partial charge on any atom is -0.406 e. The molecule has 0 aliphatic heterocycles. The fourth-order valence-electron chi connectivity index (χ4n) is 2.36. The summed E-state index contributed by atoms with van der Waals surface area (Å²) in [5, 5.41) is 3.22. The zero-order chi connectivity index (χ0) is 20.0. The molecule has 1 amide bonds. The van der Waals surface area contributed by atoms with Gasteiger partial charge in [-0.3, -0.25) is 4.79 Å². The third kappa shape index (κ3) is 6.60. The molecule has 4 nitrogen and oxygen atoms in total. The number of amides is 1. The van der Waals surface area contributed by atoms with Crippen LogP contribution in [0, 0.1) is 0 Å². The molecule has 0 aliphatic carbocycles. The zero-order valence-corrected chi connectivity index (χ0v) is 15.5. The number of hydrogen-bond acceptors (Lipinski definition) is 3. The molecule has 146 valence electrons. The monoisotopic (exact) mass is 380 g/mol. The molecule has 1 N–H and O–H groups in total. The van der Waals surface area contributed by atoms with Crippen LogP contribution >= 0.6 is 0 Å². The van der Waals surface area contributed by atoms with E-state index in [1.807, 2.05) is 26.0 Å². The normalized spacial score (nSPS) is 11.5. The van der Waals surface area contributed by atoms with Crippen molar-refractivity contribution in [3.05, 3.63) is 65.2 Å². The summed E-state index contributed by atoms with van der Waals surface area (Å²) in [6, 6.07) is 13.2. The Morgan fingerprint density at radius 2 is 1.48 bits per heavy atom. The van der Waals surface area contributed by atoms with Crippen molar-refractivity contribution in [1.82, 2.24) is 10.2 Å². The number of alkyl halides is 3. The van der Waals surface area contributed by atoms with Gasteiger partial charge in [0.2, 0.25) is 0 Å². The Balaban J connectivity index is 1.84. The van der Waals surface area contributed by atoms with Crippen molar-refractivity contribution in [1.29, 1.82) is 0 Å². The Morgan fingerprint density at radius 1 is 1.00 bits per heavy atom. The van der Waals surface area contributed by atoms with Gasteiger partial charge in [-0.05, 0) is 49.2 Å². The van der Waals surface area contributed by atoms with E-state index < -0.39 is 6.36 Å². The second-order valence-corrected chi connectivity index (χ2v) is 6.50. The molecule has 0 saturated heterocycles. The highest BCUT2D eigenvalue weighted by Gasteiger charge is 2.30. The summed E-state index contributed by atoms with van der Waals surface area (Å²) in [7, 11) is 1.77. The van der Waals surface area contributed by atoms with Crippen molar-refractivity contribution in [3.63, 3.8) is 0 Å². The summed E-state index contributed by atoms with van der Waals surface area (Å²) < 4.78 is 40.2. The molecule has 0 heterocycles. The molecule has 2 rings (SSSR count). The molecule has 0 aromatic heterocycles. The molecule has 0 radical (unpaired) electrons. The zero-order valence-electron chi connectivity index (χ0n) is 15.5. The van der Waals surface area contributed by atoms with E-state index in [1.165, 1.54) is 12.1 Å². The summed E-state index contributed by atoms with van der Waals surface area (Å²) >= 11 is 0. The molecule has 0 fully saturated rings. The quantitative estimate of drug-likeness (QED) is 0.776. The largest absolute Gasteiger partial charge is 0.573 e. The van der Waals surface area contributed by atoms with Gasteiger partial charge in [0, 0.05) is 31.7 Å². The summed E-state index contributed by atoms with van der Waals surface area (Å²) in [5.41, 5.74) is 2.49. The molecule has 2 aromatic rings. The molecule has 0 aliphatic rings. The molecule has 7 heteroatoms. The van der Waals surface area contributed by atoms with Gasteiger partial charge in [-0.1, -0.05) is 24.3 Å². The molecule has 0 bridgehead atoms. The minimum absolute atomic E-state index is 0.0225. The number of hydrogen-bond donors (Lipinski definition) is 1. The fraction of sp³-hybridized carbons (Fsp3) is 0.350. The van der Waals surface area contributed by atoms with Crippen molar-refractivity contribution in [3.8, 4) is 5.75 Å². The lowest BCUT2D eigenvalue weighted by Crippen LogP contribution is -2.32. The topological polar surface area (TPSA) is 41.6 Å². The van der Waals surface area contributed by atoms with Crippen LogP contribution in [0.3, 0.4) is 0 Å². The van der Waals surface area contributed by atoms with E-state index in [-0.39, 0.29) is 17.7 Å². The molecule has 2 aromatic carbocycles. The Bertz CT molecular complexity index is 741. The highest BCUT2D eigenvalue weighted by atomic mass is 19.4. The Kier molecular flexibility index (Phi) is 6.85. The van der Waals surface area contributed by atoms with Crippen molar-refractivity contribution in [2.45, 2.75) is 39.3 Å². The maximum atomic E-state index is 12.2. The summed E-state index contributed by atoms with van der Waals surface area (Å²) in [6.07, 6.45) is -4.68. The van der Waals surface area contributed by atoms with E-state index in [0.29, 0.717) is 18.7 Å². The highest BCUT2D eigenvalue weighted by molar-refractivity contribution is 5.94. The van der Waals surface area contributed by atoms with Gasteiger partial charge < -0.3 is 15.0 Å². The van der Waals surface area contributed by atoms with Crippen molar-refractivity contribution >= 4 is 5.91 Å². The molecule has 0 atom stereocenters. The molecular weight excluding hydrogens is 357 g/mol. The second-order valence-electron chi connectivity index (χ2n) is 6.50. The molecule has 0 spiro atoms. The van der Waals surface area contributed by atoms with Crippen LogP contribution in [-0.2, 0) is 13.1 Å². The van der Waals surface area contributed by atoms with E-state index in [2.05, 4.69) is 10.1 Å². The van der Waals surface area contributed by atoms with Crippen LogP contribution in [0.1, 0.15) is 35.3 Å². The predicted molar refractivity (Wildman–Crippen MR) is 97.3 cm³/mol. The first kappa shape index (κ1) is 20.8. The third-order valence-electron chi connectivity index (χ3n) is 4.11. The van der Waals surface area contributed by atoms with Gasteiger partial charge in [0.15, 0.2) is 0 Å². The summed E-state index contributed by atoms with van der Waals surface area (Å²) in [5.74, 6) is -0.261. The predicted octanol–water partition coefficient (Wildman–Crippen LogP) is 4.36. The molecule has 0 saturated carbocycles. The van der Waals surface area contributed by atoms with E-state index in [9.17, 15) is 18.0 Å². The van der Waals surface area contributed by atoms with Crippen LogP contribution in [0.2, 0.25) is 0 Å². The van der Waals surface area contributed by atoms with Crippen LogP contribution in [0.4, 0.5) is 13.2 Å². The molecular formula is C20H23F3N2O2. The third-order valence-corrected chi connectivity index (χ3v) is 4.11. The lowest BCUT2D eigenvalue weighted by atomic mass is 10.1.